The van der Waals surface area contributed by atoms with Crippen molar-refractivity contribution < 1.29 is 0 Å². The third kappa shape index (κ3) is 2.23. The molecule has 1 heteroatoms. The van der Waals surface area contributed by atoms with Crippen LogP contribution in [0.1, 0.15) is 42.5 Å². The minimum atomic E-state index is 0.591. The molecule has 0 saturated carbocycles. The molecule has 1 fully saturated rings. The minimum Gasteiger partial charge on any atom is -0.310 e. The van der Waals surface area contributed by atoms with Crippen LogP contribution in [0.3, 0.4) is 0 Å². The molecule has 0 aliphatic carbocycles. The van der Waals surface area contributed by atoms with Crippen LogP contribution in [0.25, 0.3) is 0 Å². The predicted octanol–water partition coefficient (Wildman–Crippen LogP) is 3.36. The van der Waals surface area contributed by atoms with Crippen LogP contribution in [0.5, 0.6) is 0 Å². The van der Waals surface area contributed by atoms with Crippen LogP contribution in [-0.2, 0) is 0 Å². The van der Waals surface area contributed by atoms with Gasteiger partial charge in [-0.2, -0.15) is 0 Å². The van der Waals surface area contributed by atoms with E-state index in [1.165, 1.54) is 36.1 Å². The van der Waals surface area contributed by atoms with Crippen molar-refractivity contribution >= 4 is 0 Å². The third-order valence-electron chi connectivity index (χ3n) is 3.48. The summed E-state index contributed by atoms with van der Waals surface area (Å²) in [5.41, 5.74) is 4.25. The van der Waals surface area contributed by atoms with Gasteiger partial charge in [0.25, 0.3) is 0 Å². The van der Waals surface area contributed by atoms with Gasteiger partial charge >= 0.3 is 0 Å². The largest absolute Gasteiger partial charge is 0.310 e. The lowest BCUT2D eigenvalue weighted by molar-refractivity contribution is 0.449. The van der Waals surface area contributed by atoms with Gasteiger partial charge in [0.15, 0.2) is 0 Å². The van der Waals surface area contributed by atoms with Gasteiger partial charge in [-0.25, -0.2) is 0 Å². The molecular weight excluding hydrogens is 182 g/mol. The van der Waals surface area contributed by atoms with E-state index in [9.17, 15) is 0 Å². The smallest absolute Gasteiger partial charge is 0.0349 e. The van der Waals surface area contributed by atoms with Gasteiger partial charge in [0, 0.05) is 6.04 Å². The molecule has 2 rings (SSSR count). The first kappa shape index (κ1) is 10.7. The second-order valence-corrected chi connectivity index (χ2v) is 4.81. The van der Waals surface area contributed by atoms with Crippen molar-refractivity contribution in [2.75, 3.05) is 6.54 Å². The molecule has 0 unspecified atom stereocenters. The lowest BCUT2D eigenvalue weighted by Crippen LogP contribution is -2.17. The minimum absolute atomic E-state index is 0.591. The lowest BCUT2D eigenvalue weighted by Gasteiger charge is -2.19. The van der Waals surface area contributed by atoms with Crippen molar-refractivity contribution in [1.29, 1.82) is 0 Å². The fourth-order valence-electron chi connectivity index (χ4n) is 2.78. The van der Waals surface area contributed by atoms with Crippen molar-refractivity contribution in [2.24, 2.45) is 5.92 Å². The highest BCUT2D eigenvalue weighted by atomic mass is 14.9. The first-order chi connectivity index (χ1) is 7.20. The van der Waals surface area contributed by atoms with Crippen molar-refractivity contribution in [1.82, 2.24) is 5.32 Å². The van der Waals surface area contributed by atoms with Crippen molar-refractivity contribution in [3.05, 3.63) is 34.9 Å². The average molecular weight is 203 g/mol. The second-order valence-electron chi connectivity index (χ2n) is 4.81. The van der Waals surface area contributed by atoms with Gasteiger partial charge in [0.1, 0.15) is 0 Å². The van der Waals surface area contributed by atoms with Crippen LogP contribution in [0.4, 0.5) is 0 Å². The number of rotatable bonds is 2. The average Bonchev–Trinajstić information content (AvgIpc) is 2.63. The van der Waals surface area contributed by atoms with Crippen LogP contribution in [0.15, 0.2) is 18.2 Å². The van der Waals surface area contributed by atoms with Gasteiger partial charge in [-0.15, -0.1) is 0 Å². The molecule has 0 spiro atoms. The highest BCUT2D eigenvalue weighted by Crippen LogP contribution is 2.32. The van der Waals surface area contributed by atoms with E-state index in [0.717, 1.165) is 5.92 Å². The molecule has 1 aromatic rings. The van der Waals surface area contributed by atoms with Crippen LogP contribution in [-0.4, -0.2) is 6.54 Å². The molecule has 1 nitrogen and oxygen atoms in total. The van der Waals surface area contributed by atoms with Gasteiger partial charge in [-0.3, -0.25) is 0 Å². The van der Waals surface area contributed by atoms with Crippen LogP contribution in [0, 0.1) is 19.8 Å². The quantitative estimate of drug-likeness (QED) is 0.777. The second kappa shape index (κ2) is 4.36. The molecule has 82 valence electrons. The van der Waals surface area contributed by atoms with Gasteiger partial charge in [-0.05, 0) is 38.3 Å². The maximum absolute atomic E-state index is 3.63. The molecule has 0 bridgehead atoms. The molecular formula is C14H21N. The van der Waals surface area contributed by atoms with Crippen LogP contribution in [0.2, 0.25) is 0 Å². The summed E-state index contributed by atoms with van der Waals surface area (Å²) in [5, 5.41) is 3.63. The van der Waals surface area contributed by atoms with E-state index < -0.39 is 0 Å². The van der Waals surface area contributed by atoms with Crippen LogP contribution < -0.4 is 5.32 Å². The van der Waals surface area contributed by atoms with Crippen molar-refractivity contribution in [2.45, 2.75) is 39.7 Å². The summed E-state index contributed by atoms with van der Waals surface area (Å²) in [6.45, 7) is 7.85. The Hall–Kier alpha value is -0.820. The summed E-state index contributed by atoms with van der Waals surface area (Å²) in [5.74, 6) is 0.825. The van der Waals surface area contributed by atoms with E-state index in [1.54, 1.807) is 0 Å². The number of hydrogen-bond acceptors (Lipinski definition) is 1. The first-order valence-electron chi connectivity index (χ1n) is 6.02. The first-order valence-corrected chi connectivity index (χ1v) is 6.02. The highest BCUT2D eigenvalue weighted by Gasteiger charge is 2.26. The molecule has 0 amide bonds. The maximum atomic E-state index is 3.63. The summed E-state index contributed by atoms with van der Waals surface area (Å²) >= 11 is 0. The zero-order valence-corrected chi connectivity index (χ0v) is 10.0. The SMILES string of the molecule is CC[C@H]1CCN[C@H]1c1cc(C)cc(C)c1. The Morgan fingerprint density at radius 1 is 1.20 bits per heavy atom. The molecule has 1 N–H and O–H groups in total. The van der Waals surface area contributed by atoms with Gasteiger partial charge in [0.05, 0.1) is 0 Å². The Bertz CT molecular complexity index is 323. The molecule has 15 heavy (non-hydrogen) atoms. The molecule has 1 saturated heterocycles. The molecule has 0 radical (unpaired) electrons. The third-order valence-corrected chi connectivity index (χ3v) is 3.48. The molecule has 1 heterocycles. The fraction of sp³-hybridized carbons (Fsp3) is 0.571. The summed E-state index contributed by atoms with van der Waals surface area (Å²) in [6, 6.07) is 7.50. The summed E-state index contributed by atoms with van der Waals surface area (Å²) < 4.78 is 0. The Balaban J connectivity index is 2.28. The predicted molar refractivity (Wildman–Crippen MR) is 65.1 cm³/mol. The standard InChI is InChI=1S/C14H21N/c1-4-12-5-6-15-14(12)13-8-10(2)7-11(3)9-13/h7-9,12,14-15H,4-6H2,1-3H3/t12-,14+/m0/s1. The summed E-state index contributed by atoms with van der Waals surface area (Å²) in [4.78, 5) is 0. The number of nitrogens with one attached hydrogen (secondary N) is 1. The molecule has 1 aliphatic rings. The fourth-order valence-corrected chi connectivity index (χ4v) is 2.78. The van der Waals surface area contributed by atoms with Crippen LogP contribution >= 0.6 is 0 Å². The Kier molecular flexibility index (Phi) is 3.11. The Labute approximate surface area is 92.9 Å². The molecule has 1 aliphatic heterocycles. The van der Waals surface area contributed by atoms with Crippen molar-refractivity contribution in [3.8, 4) is 0 Å². The molecule has 2 atom stereocenters. The Morgan fingerprint density at radius 2 is 1.87 bits per heavy atom. The van der Waals surface area contributed by atoms with E-state index in [1.807, 2.05) is 0 Å². The Morgan fingerprint density at radius 3 is 2.47 bits per heavy atom. The van der Waals surface area contributed by atoms with E-state index in [-0.39, 0.29) is 0 Å². The van der Waals surface area contributed by atoms with E-state index >= 15 is 0 Å². The van der Waals surface area contributed by atoms with Gasteiger partial charge < -0.3 is 5.32 Å². The number of hydrogen-bond donors (Lipinski definition) is 1. The summed E-state index contributed by atoms with van der Waals surface area (Å²) in [6.07, 6.45) is 2.61. The normalized spacial score (nSPS) is 25.8. The van der Waals surface area contributed by atoms with E-state index in [4.69, 9.17) is 0 Å². The van der Waals surface area contributed by atoms with E-state index in [2.05, 4.69) is 44.3 Å². The molecule has 0 aromatic heterocycles. The van der Waals surface area contributed by atoms with Gasteiger partial charge in [0.2, 0.25) is 0 Å². The lowest BCUT2D eigenvalue weighted by atomic mass is 9.90. The maximum Gasteiger partial charge on any atom is 0.0349 e. The van der Waals surface area contributed by atoms with E-state index in [0.29, 0.717) is 6.04 Å². The molecule has 1 aromatic carbocycles. The highest BCUT2D eigenvalue weighted by molar-refractivity contribution is 5.31. The summed E-state index contributed by atoms with van der Waals surface area (Å²) in [7, 11) is 0. The monoisotopic (exact) mass is 203 g/mol. The van der Waals surface area contributed by atoms with Crippen molar-refractivity contribution in [3.63, 3.8) is 0 Å². The zero-order chi connectivity index (χ0) is 10.8. The number of aryl methyl sites for hydroxylation is 2. The number of benzene rings is 1. The topological polar surface area (TPSA) is 12.0 Å². The van der Waals surface area contributed by atoms with Gasteiger partial charge in [-0.1, -0.05) is 42.7 Å². The zero-order valence-electron chi connectivity index (χ0n) is 10.0.